The Hall–Kier alpha value is -1.43. The molecule has 0 unspecified atom stereocenters. The van der Waals surface area contributed by atoms with Crippen LogP contribution in [0.25, 0.3) is 0 Å². The summed E-state index contributed by atoms with van der Waals surface area (Å²) in [5.74, 6) is -0.117. The number of aryl methyl sites for hydroxylation is 1. The first-order chi connectivity index (χ1) is 8.15. The molecule has 1 N–H and O–H groups in total. The zero-order valence-corrected chi connectivity index (χ0v) is 11.4. The van der Waals surface area contributed by atoms with Crippen molar-refractivity contribution in [1.82, 2.24) is 4.98 Å². The summed E-state index contributed by atoms with van der Waals surface area (Å²) < 4.78 is 1.11. The van der Waals surface area contributed by atoms with Crippen LogP contribution in [0.4, 0.5) is 5.69 Å². The molecule has 2 aromatic rings. The molecule has 1 heterocycles. The summed E-state index contributed by atoms with van der Waals surface area (Å²) in [6.45, 7) is 1.94. The van der Waals surface area contributed by atoms with E-state index in [-0.39, 0.29) is 5.91 Å². The molecule has 0 bridgehead atoms. The van der Waals surface area contributed by atoms with E-state index in [0.29, 0.717) is 11.3 Å². The molecule has 86 valence electrons. The van der Waals surface area contributed by atoms with Crippen LogP contribution in [0.5, 0.6) is 0 Å². The van der Waals surface area contributed by atoms with Crippen LogP contribution < -0.4 is 5.32 Å². The Kier molecular flexibility index (Phi) is 3.73. The largest absolute Gasteiger partial charge is 0.321 e. The molecule has 0 spiro atoms. The molecule has 0 atom stereocenters. The second-order valence-corrected chi connectivity index (χ2v) is 4.96. The number of anilines is 1. The van der Waals surface area contributed by atoms with Crippen LogP contribution in [0.3, 0.4) is 0 Å². The van der Waals surface area contributed by atoms with Crippen molar-refractivity contribution in [3.8, 4) is 0 Å². The van der Waals surface area contributed by atoms with Crippen LogP contribution in [0.2, 0.25) is 0 Å². The van der Waals surface area contributed by atoms with Gasteiger partial charge in [-0.25, -0.2) is 0 Å². The van der Waals surface area contributed by atoms with Gasteiger partial charge in [-0.2, -0.15) is 0 Å². The lowest BCUT2D eigenvalue weighted by Gasteiger charge is -2.05. The van der Waals surface area contributed by atoms with E-state index in [1.807, 2.05) is 25.1 Å². The minimum absolute atomic E-state index is 0.117. The maximum absolute atomic E-state index is 11.9. The van der Waals surface area contributed by atoms with E-state index < -0.39 is 0 Å². The molecule has 1 aromatic carbocycles. The monoisotopic (exact) mass is 338 g/mol. The number of nitrogens with one attached hydrogen (secondary N) is 1. The summed E-state index contributed by atoms with van der Waals surface area (Å²) in [6, 6.07) is 9.31. The van der Waals surface area contributed by atoms with Gasteiger partial charge in [0.15, 0.2) is 0 Å². The van der Waals surface area contributed by atoms with Crippen LogP contribution in [0, 0.1) is 10.5 Å². The highest BCUT2D eigenvalue weighted by atomic mass is 127. The van der Waals surface area contributed by atoms with E-state index in [1.54, 1.807) is 24.5 Å². The number of nitrogens with zero attached hydrogens (tertiary/aromatic N) is 1. The highest BCUT2D eigenvalue weighted by Gasteiger charge is 2.05. The molecule has 0 aliphatic rings. The normalized spacial score (nSPS) is 10.0. The van der Waals surface area contributed by atoms with E-state index in [9.17, 15) is 4.79 Å². The maximum atomic E-state index is 11.9. The molecule has 2 rings (SSSR count). The average molecular weight is 338 g/mol. The molecule has 1 aromatic heterocycles. The SMILES string of the molecule is Cc1cncc(NC(=O)c2ccc(I)cc2)c1. The number of pyridine rings is 1. The summed E-state index contributed by atoms with van der Waals surface area (Å²) in [5.41, 5.74) is 2.38. The van der Waals surface area contributed by atoms with Crippen LogP contribution in [-0.2, 0) is 0 Å². The molecular weight excluding hydrogens is 327 g/mol. The smallest absolute Gasteiger partial charge is 0.255 e. The van der Waals surface area contributed by atoms with Gasteiger partial charge in [-0.1, -0.05) is 0 Å². The molecule has 4 heteroatoms. The Morgan fingerprint density at radius 3 is 2.59 bits per heavy atom. The standard InChI is InChI=1S/C13H11IN2O/c1-9-6-12(8-15-7-9)16-13(17)10-2-4-11(14)5-3-10/h2-8H,1H3,(H,16,17). The molecule has 0 saturated heterocycles. The van der Waals surface area contributed by atoms with Crippen molar-refractivity contribution >= 4 is 34.2 Å². The van der Waals surface area contributed by atoms with Crippen molar-refractivity contribution in [2.24, 2.45) is 0 Å². The van der Waals surface area contributed by atoms with E-state index in [4.69, 9.17) is 0 Å². The first kappa shape index (κ1) is 12.0. The van der Waals surface area contributed by atoms with Crippen molar-refractivity contribution in [1.29, 1.82) is 0 Å². The lowest BCUT2D eigenvalue weighted by molar-refractivity contribution is 0.102. The number of benzene rings is 1. The summed E-state index contributed by atoms with van der Waals surface area (Å²) >= 11 is 2.21. The van der Waals surface area contributed by atoms with Gasteiger partial charge in [-0.05, 0) is 65.4 Å². The Labute approximate surface area is 113 Å². The number of amides is 1. The van der Waals surface area contributed by atoms with E-state index in [1.165, 1.54) is 0 Å². The van der Waals surface area contributed by atoms with Crippen molar-refractivity contribution in [2.75, 3.05) is 5.32 Å². The molecule has 0 fully saturated rings. The minimum atomic E-state index is -0.117. The maximum Gasteiger partial charge on any atom is 0.255 e. The molecule has 3 nitrogen and oxygen atoms in total. The topological polar surface area (TPSA) is 42.0 Å². The number of halogens is 1. The Bertz CT molecular complexity index is 537. The third-order valence-electron chi connectivity index (χ3n) is 2.24. The lowest BCUT2D eigenvalue weighted by Crippen LogP contribution is -2.12. The average Bonchev–Trinajstić information content (AvgIpc) is 2.29. The minimum Gasteiger partial charge on any atom is -0.321 e. The van der Waals surface area contributed by atoms with Gasteiger partial charge in [0, 0.05) is 15.3 Å². The fourth-order valence-corrected chi connectivity index (χ4v) is 1.79. The number of hydrogen-bond donors (Lipinski definition) is 1. The summed E-state index contributed by atoms with van der Waals surface area (Å²) in [7, 11) is 0. The van der Waals surface area contributed by atoms with Gasteiger partial charge in [0.2, 0.25) is 0 Å². The van der Waals surface area contributed by atoms with Crippen molar-refractivity contribution in [3.05, 3.63) is 57.4 Å². The molecule has 17 heavy (non-hydrogen) atoms. The van der Waals surface area contributed by atoms with Gasteiger partial charge in [-0.3, -0.25) is 9.78 Å². The van der Waals surface area contributed by atoms with Gasteiger partial charge in [-0.15, -0.1) is 0 Å². The Morgan fingerprint density at radius 2 is 1.94 bits per heavy atom. The molecule has 0 aliphatic carbocycles. The number of rotatable bonds is 2. The fourth-order valence-electron chi connectivity index (χ4n) is 1.43. The molecular formula is C13H11IN2O. The summed E-state index contributed by atoms with van der Waals surface area (Å²) in [4.78, 5) is 15.9. The van der Waals surface area contributed by atoms with Gasteiger partial charge in [0.25, 0.3) is 5.91 Å². The molecule has 0 radical (unpaired) electrons. The highest BCUT2D eigenvalue weighted by molar-refractivity contribution is 14.1. The quantitative estimate of drug-likeness (QED) is 0.854. The van der Waals surface area contributed by atoms with E-state index >= 15 is 0 Å². The van der Waals surface area contributed by atoms with Gasteiger partial charge in [0.05, 0.1) is 11.9 Å². The van der Waals surface area contributed by atoms with Crippen LogP contribution in [-0.4, -0.2) is 10.9 Å². The molecule has 1 amide bonds. The zero-order chi connectivity index (χ0) is 12.3. The fraction of sp³-hybridized carbons (Fsp3) is 0.0769. The number of hydrogen-bond acceptors (Lipinski definition) is 2. The second kappa shape index (κ2) is 5.27. The van der Waals surface area contributed by atoms with Gasteiger partial charge in [0.1, 0.15) is 0 Å². The first-order valence-electron chi connectivity index (χ1n) is 5.14. The second-order valence-electron chi connectivity index (χ2n) is 3.71. The van der Waals surface area contributed by atoms with Crippen molar-refractivity contribution < 1.29 is 4.79 Å². The first-order valence-corrected chi connectivity index (χ1v) is 6.21. The van der Waals surface area contributed by atoms with Crippen molar-refractivity contribution in [2.45, 2.75) is 6.92 Å². The Balaban J connectivity index is 2.14. The van der Waals surface area contributed by atoms with E-state index in [2.05, 4.69) is 32.9 Å². The summed E-state index contributed by atoms with van der Waals surface area (Å²) in [5, 5.41) is 2.81. The van der Waals surface area contributed by atoms with Crippen molar-refractivity contribution in [3.63, 3.8) is 0 Å². The number of carbonyl (C=O) groups is 1. The number of carbonyl (C=O) groups excluding carboxylic acids is 1. The molecule has 0 aliphatic heterocycles. The van der Waals surface area contributed by atoms with Gasteiger partial charge >= 0.3 is 0 Å². The van der Waals surface area contributed by atoms with Crippen LogP contribution >= 0.6 is 22.6 Å². The highest BCUT2D eigenvalue weighted by Crippen LogP contribution is 2.11. The number of aromatic nitrogens is 1. The summed E-state index contributed by atoms with van der Waals surface area (Å²) in [6.07, 6.45) is 3.39. The van der Waals surface area contributed by atoms with Crippen LogP contribution in [0.15, 0.2) is 42.7 Å². The third-order valence-corrected chi connectivity index (χ3v) is 2.96. The predicted octanol–water partition coefficient (Wildman–Crippen LogP) is 3.25. The lowest BCUT2D eigenvalue weighted by atomic mass is 10.2. The zero-order valence-electron chi connectivity index (χ0n) is 9.27. The third kappa shape index (κ3) is 3.26. The Morgan fingerprint density at radius 1 is 1.24 bits per heavy atom. The predicted molar refractivity (Wildman–Crippen MR) is 76.1 cm³/mol. The van der Waals surface area contributed by atoms with Crippen LogP contribution in [0.1, 0.15) is 15.9 Å². The molecule has 0 saturated carbocycles. The van der Waals surface area contributed by atoms with E-state index in [0.717, 1.165) is 9.13 Å². The van der Waals surface area contributed by atoms with Gasteiger partial charge < -0.3 is 5.32 Å².